The molecule has 3 N–H and O–H groups in total. The van der Waals surface area contributed by atoms with Crippen LogP contribution in [0.3, 0.4) is 0 Å². The predicted octanol–water partition coefficient (Wildman–Crippen LogP) is 2.36. The van der Waals surface area contributed by atoms with E-state index in [2.05, 4.69) is 10.3 Å². The van der Waals surface area contributed by atoms with Crippen LogP contribution in [0, 0.1) is 6.92 Å². The molecule has 1 aliphatic carbocycles. The number of carbonyl (C=O) groups is 1. The zero-order chi connectivity index (χ0) is 13.4. The molecule has 2 aromatic rings. The van der Waals surface area contributed by atoms with Gasteiger partial charge in [-0.1, -0.05) is 0 Å². The molecule has 0 bridgehead atoms. The number of nitrogen functional groups attached to an aromatic ring is 1. The Labute approximate surface area is 111 Å². The Hall–Kier alpha value is -2.30. The van der Waals surface area contributed by atoms with E-state index in [4.69, 9.17) is 5.73 Å². The average molecular weight is 256 g/mol. The lowest BCUT2D eigenvalue weighted by atomic mass is 10.3. The summed E-state index contributed by atoms with van der Waals surface area (Å²) in [5.74, 6) is -0.130. The summed E-state index contributed by atoms with van der Waals surface area (Å²) >= 11 is 0. The number of hydrogen-bond acceptors (Lipinski definition) is 3. The van der Waals surface area contributed by atoms with E-state index < -0.39 is 0 Å². The SMILES string of the molecule is Cc1cc(NC(=O)c2cc(N)cn2C2CC2)ccn1. The highest BCUT2D eigenvalue weighted by molar-refractivity contribution is 6.03. The highest BCUT2D eigenvalue weighted by Crippen LogP contribution is 2.37. The molecule has 0 spiro atoms. The van der Waals surface area contributed by atoms with Crippen LogP contribution in [-0.4, -0.2) is 15.5 Å². The summed E-state index contributed by atoms with van der Waals surface area (Å²) in [6, 6.07) is 5.77. The van der Waals surface area contributed by atoms with Gasteiger partial charge in [0.05, 0.1) is 5.69 Å². The number of pyridine rings is 1. The molecular weight excluding hydrogens is 240 g/mol. The van der Waals surface area contributed by atoms with Gasteiger partial charge in [-0.25, -0.2) is 0 Å². The van der Waals surface area contributed by atoms with E-state index in [0.717, 1.165) is 24.2 Å². The zero-order valence-electron chi connectivity index (χ0n) is 10.8. The fourth-order valence-electron chi connectivity index (χ4n) is 2.16. The lowest BCUT2D eigenvalue weighted by molar-refractivity contribution is 0.101. The van der Waals surface area contributed by atoms with Crippen LogP contribution in [0.15, 0.2) is 30.6 Å². The van der Waals surface area contributed by atoms with E-state index in [0.29, 0.717) is 17.4 Å². The van der Waals surface area contributed by atoms with E-state index in [1.165, 1.54) is 0 Å². The monoisotopic (exact) mass is 256 g/mol. The van der Waals surface area contributed by atoms with Crippen molar-refractivity contribution in [1.82, 2.24) is 9.55 Å². The van der Waals surface area contributed by atoms with E-state index in [-0.39, 0.29) is 5.91 Å². The summed E-state index contributed by atoms with van der Waals surface area (Å²) in [6.45, 7) is 1.89. The number of anilines is 2. The molecule has 19 heavy (non-hydrogen) atoms. The fourth-order valence-corrected chi connectivity index (χ4v) is 2.16. The van der Waals surface area contributed by atoms with Gasteiger partial charge in [0.2, 0.25) is 0 Å². The molecule has 0 saturated heterocycles. The van der Waals surface area contributed by atoms with Crippen molar-refractivity contribution in [1.29, 1.82) is 0 Å². The van der Waals surface area contributed by atoms with Gasteiger partial charge in [-0.2, -0.15) is 0 Å². The van der Waals surface area contributed by atoms with E-state index in [1.807, 2.05) is 23.8 Å². The molecule has 1 amide bonds. The van der Waals surface area contributed by atoms with Crippen molar-refractivity contribution < 1.29 is 4.79 Å². The molecular formula is C14H16N4O. The van der Waals surface area contributed by atoms with Crippen LogP contribution < -0.4 is 11.1 Å². The van der Waals surface area contributed by atoms with Gasteiger partial charge < -0.3 is 15.6 Å². The Morgan fingerprint density at radius 3 is 2.95 bits per heavy atom. The minimum absolute atomic E-state index is 0.130. The molecule has 1 fully saturated rings. The molecule has 0 atom stereocenters. The van der Waals surface area contributed by atoms with Crippen molar-refractivity contribution in [2.45, 2.75) is 25.8 Å². The summed E-state index contributed by atoms with van der Waals surface area (Å²) < 4.78 is 1.97. The number of nitrogens with zero attached hydrogens (tertiary/aromatic N) is 2. The molecule has 0 aromatic carbocycles. The van der Waals surface area contributed by atoms with Gasteiger partial charge >= 0.3 is 0 Å². The van der Waals surface area contributed by atoms with E-state index in [9.17, 15) is 4.79 Å². The predicted molar refractivity (Wildman–Crippen MR) is 74.0 cm³/mol. The number of aromatic nitrogens is 2. The second-order valence-electron chi connectivity index (χ2n) is 4.94. The molecule has 0 unspecified atom stereocenters. The molecule has 3 rings (SSSR count). The third-order valence-corrected chi connectivity index (χ3v) is 3.20. The maximum atomic E-state index is 12.3. The van der Waals surface area contributed by atoms with Gasteiger partial charge in [0, 0.05) is 29.8 Å². The van der Waals surface area contributed by atoms with Gasteiger partial charge in [0.25, 0.3) is 5.91 Å². The minimum atomic E-state index is -0.130. The number of aryl methyl sites for hydroxylation is 1. The van der Waals surface area contributed by atoms with Crippen LogP contribution in [-0.2, 0) is 0 Å². The number of amides is 1. The minimum Gasteiger partial charge on any atom is -0.397 e. The van der Waals surface area contributed by atoms with Crippen LogP contribution >= 0.6 is 0 Å². The summed E-state index contributed by atoms with van der Waals surface area (Å²) in [4.78, 5) is 16.4. The third-order valence-electron chi connectivity index (χ3n) is 3.20. The number of hydrogen-bond donors (Lipinski definition) is 2. The Bertz CT molecular complexity index is 628. The maximum Gasteiger partial charge on any atom is 0.272 e. The van der Waals surface area contributed by atoms with Crippen molar-refractivity contribution in [2.75, 3.05) is 11.1 Å². The highest BCUT2D eigenvalue weighted by atomic mass is 16.1. The van der Waals surface area contributed by atoms with Crippen molar-refractivity contribution in [3.63, 3.8) is 0 Å². The Kier molecular flexibility index (Phi) is 2.74. The number of carbonyl (C=O) groups excluding carboxylic acids is 1. The molecule has 1 aliphatic rings. The molecule has 5 nitrogen and oxygen atoms in total. The molecule has 5 heteroatoms. The first-order valence-electron chi connectivity index (χ1n) is 6.35. The summed E-state index contributed by atoms with van der Waals surface area (Å²) in [5, 5.41) is 2.88. The normalized spacial score (nSPS) is 14.4. The van der Waals surface area contributed by atoms with Crippen molar-refractivity contribution >= 4 is 17.3 Å². The quantitative estimate of drug-likeness (QED) is 0.885. The van der Waals surface area contributed by atoms with Crippen LogP contribution in [0.2, 0.25) is 0 Å². The summed E-state index contributed by atoms with van der Waals surface area (Å²) in [7, 11) is 0. The summed E-state index contributed by atoms with van der Waals surface area (Å²) in [5.41, 5.74) is 8.66. The van der Waals surface area contributed by atoms with Gasteiger partial charge in [-0.3, -0.25) is 9.78 Å². The van der Waals surface area contributed by atoms with Gasteiger partial charge in [0.1, 0.15) is 5.69 Å². The average Bonchev–Trinajstić information content (AvgIpc) is 3.12. The van der Waals surface area contributed by atoms with Crippen LogP contribution in [0.1, 0.15) is 35.1 Å². The first kappa shape index (κ1) is 11.8. The second kappa shape index (κ2) is 4.42. The van der Waals surface area contributed by atoms with Gasteiger partial charge in [-0.05, 0) is 38.0 Å². The van der Waals surface area contributed by atoms with Crippen LogP contribution in [0.5, 0.6) is 0 Å². The number of rotatable bonds is 3. The van der Waals surface area contributed by atoms with Gasteiger partial charge in [-0.15, -0.1) is 0 Å². The Balaban J connectivity index is 1.84. The molecule has 0 aliphatic heterocycles. The standard InChI is InChI=1S/C14H16N4O/c1-9-6-11(4-5-16-9)17-14(19)13-7-10(15)8-18(13)12-2-3-12/h4-8,12H,2-3,15H2,1H3,(H,16,17,19). The molecule has 98 valence electrons. The smallest absolute Gasteiger partial charge is 0.272 e. The first-order valence-corrected chi connectivity index (χ1v) is 6.35. The largest absolute Gasteiger partial charge is 0.397 e. The van der Waals surface area contributed by atoms with Crippen molar-refractivity contribution in [2.24, 2.45) is 0 Å². The zero-order valence-corrected chi connectivity index (χ0v) is 10.8. The fraction of sp³-hybridized carbons (Fsp3) is 0.286. The lowest BCUT2D eigenvalue weighted by Crippen LogP contribution is -2.16. The molecule has 2 heterocycles. The maximum absolute atomic E-state index is 12.3. The summed E-state index contributed by atoms with van der Waals surface area (Å²) in [6.07, 6.45) is 5.75. The van der Waals surface area contributed by atoms with Crippen molar-refractivity contribution in [3.8, 4) is 0 Å². The Morgan fingerprint density at radius 1 is 1.47 bits per heavy atom. The van der Waals surface area contributed by atoms with E-state index in [1.54, 1.807) is 18.3 Å². The topological polar surface area (TPSA) is 72.9 Å². The second-order valence-corrected chi connectivity index (χ2v) is 4.94. The molecule has 1 saturated carbocycles. The number of nitrogens with one attached hydrogen (secondary N) is 1. The van der Waals surface area contributed by atoms with Crippen LogP contribution in [0.4, 0.5) is 11.4 Å². The highest BCUT2D eigenvalue weighted by Gasteiger charge is 2.27. The third kappa shape index (κ3) is 2.45. The molecule has 2 aromatic heterocycles. The van der Waals surface area contributed by atoms with E-state index >= 15 is 0 Å². The number of nitrogens with two attached hydrogens (primary N) is 1. The lowest BCUT2D eigenvalue weighted by Gasteiger charge is -2.08. The molecule has 0 radical (unpaired) electrons. The Morgan fingerprint density at radius 2 is 2.26 bits per heavy atom. The first-order chi connectivity index (χ1) is 9.13. The van der Waals surface area contributed by atoms with Crippen LogP contribution in [0.25, 0.3) is 0 Å². The van der Waals surface area contributed by atoms with Crippen molar-refractivity contribution in [3.05, 3.63) is 42.0 Å². The van der Waals surface area contributed by atoms with Gasteiger partial charge in [0.15, 0.2) is 0 Å².